The van der Waals surface area contributed by atoms with Crippen LogP contribution in [0.4, 0.5) is 0 Å². The van der Waals surface area contributed by atoms with Crippen molar-refractivity contribution in [3.05, 3.63) is 113 Å². The minimum Gasteiger partial charge on any atom is -0.507 e. The van der Waals surface area contributed by atoms with Crippen LogP contribution in [0.3, 0.4) is 0 Å². The number of ether oxygens (including phenoxy) is 1. The summed E-state index contributed by atoms with van der Waals surface area (Å²) in [6.45, 7) is 8.94. The van der Waals surface area contributed by atoms with Gasteiger partial charge in [0.15, 0.2) is 0 Å². The highest BCUT2D eigenvalue weighted by molar-refractivity contribution is 7.98. The van der Waals surface area contributed by atoms with E-state index in [1.165, 1.54) is 16.3 Å². The van der Waals surface area contributed by atoms with E-state index in [0.29, 0.717) is 23.9 Å². The van der Waals surface area contributed by atoms with Gasteiger partial charge in [0.2, 0.25) is 0 Å². The van der Waals surface area contributed by atoms with E-state index in [4.69, 9.17) is 4.74 Å². The molecule has 0 saturated carbocycles. The van der Waals surface area contributed by atoms with Crippen molar-refractivity contribution in [2.75, 3.05) is 19.7 Å². The SMILES string of the molecule is CCOC(=O)c1c(CSc2ccccc2)n(Cc2cccc3ccccc23)c2cc(C3=CCN(C(C)C)CC3)c(O)cc12. The Bertz CT molecular complexity index is 1800. The smallest absolute Gasteiger partial charge is 0.340 e. The average molecular weight is 591 g/mol. The van der Waals surface area contributed by atoms with Gasteiger partial charge in [-0.2, -0.15) is 0 Å². The molecule has 1 N–H and O–H groups in total. The molecule has 1 aromatic heterocycles. The number of carbonyl (C=O) groups is 1. The maximum absolute atomic E-state index is 13.6. The molecule has 0 fully saturated rings. The second kappa shape index (κ2) is 12.7. The van der Waals surface area contributed by atoms with Crippen LogP contribution < -0.4 is 0 Å². The van der Waals surface area contributed by atoms with E-state index in [9.17, 15) is 9.90 Å². The van der Waals surface area contributed by atoms with Gasteiger partial charge in [-0.3, -0.25) is 4.90 Å². The lowest BCUT2D eigenvalue weighted by Gasteiger charge is -2.30. The van der Waals surface area contributed by atoms with Crippen LogP contribution in [-0.2, 0) is 17.0 Å². The Morgan fingerprint density at radius 1 is 0.977 bits per heavy atom. The first-order chi connectivity index (χ1) is 20.9. The Morgan fingerprint density at radius 3 is 2.49 bits per heavy atom. The van der Waals surface area contributed by atoms with Gasteiger partial charge in [0.05, 0.1) is 17.7 Å². The maximum atomic E-state index is 13.6. The first-order valence-corrected chi connectivity index (χ1v) is 16.1. The zero-order valence-corrected chi connectivity index (χ0v) is 25.9. The number of rotatable bonds is 9. The Balaban J connectivity index is 1.55. The zero-order valence-electron chi connectivity index (χ0n) is 25.0. The minimum atomic E-state index is -0.357. The third-order valence-electron chi connectivity index (χ3n) is 8.41. The molecule has 0 aliphatic carbocycles. The Kier molecular flexibility index (Phi) is 8.59. The van der Waals surface area contributed by atoms with Crippen LogP contribution in [0.25, 0.3) is 27.2 Å². The summed E-state index contributed by atoms with van der Waals surface area (Å²) in [7, 11) is 0. The van der Waals surface area contributed by atoms with Gasteiger partial charge in [0.1, 0.15) is 5.75 Å². The predicted octanol–water partition coefficient (Wildman–Crippen LogP) is 8.51. The molecule has 43 heavy (non-hydrogen) atoms. The van der Waals surface area contributed by atoms with E-state index in [-0.39, 0.29) is 18.3 Å². The summed E-state index contributed by atoms with van der Waals surface area (Å²) in [6, 6.07) is 29.4. The lowest BCUT2D eigenvalue weighted by atomic mass is 9.96. The normalized spacial score (nSPS) is 14.0. The molecule has 0 bridgehead atoms. The van der Waals surface area contributed by atoms with Crippen LogP contribution in [-0.4, -0.2) is 46.3 Å². The Morgan fingerprint density at radius 2 is 1.74 bits per heavy atom. The highest BCUT2D eigenvalue weighted by Crippen LogP contribution is 2.39. The molecule has 2 heterocycles. The van der Waals surface area contributed by atoms with Gasteiger partial charge in [0, 0.05) is 53.0 Å². The lowest BCUT2D eigenvalue weighted by Crippen LogP contribution is -2.34. The second-order valence-corrected chi connectivity index (χ2v) is 12.4. The van der Waals surface area contributed by atoms with Crippen LogP contribution in [0.2, 0.25) is 0 Å². The van der Waals surface area contributed by atoms with E-state index in [2.05, 4.69) is 90.1 Å². The summed E-state index contributed by atoms with van der Waals surface area (Å²) >= 11 is 1.70. The van der Waals surface area contributed by atoms with Crippen LogP contribution in [0.1, 0.15) is 54.4 Å². The zero-order chi connectivity index (χ0) is 29.9. The Labute approximate surface area is 257 Å². The number of aromatic hydroxyl groups is 1. The fraction of sp³-hybridized carbons (Fsp3) is 0.270. The summed E-state index contributed by atoms with van der Waals surface area (Å²) in [5, 5.41) is 14.5. The molecule has 0 atom stereocenters. The highest BCUT2D eigenvalue weighted by Gasteiger charge is 2.27. The molecule has 0 amide bonds. The highest BCUT2D eigenvalue weighted by atomic mass is 32.2. The number of thioether (sulfide) groups is 1. The van der Waals surface area contributed by atoms with Crippen LogP contribution in [0.15, 0.2) is 95.9 Å². The van der Waals surface area contributed by atoms with Crippen LogP contribution in [0.5, 0.6) is 5.75 Å². The number of nitrogens with zero attached hydrogens (tertiary/aromatic N) is 2. The molecule has 6 heteroatoms. The molecule has 0 spiro atoms. The second-order valence-electron chi connectivity index (χ2n) is 11.3. The molecule has 4 aromatic carbocycles. The third kappa shape index (κ3) is 5.95. The van der Waals surface area contributed by atoms with E-state index >= 15 is 0 Å². The van der Waals surface area contributed by atoms with E-state index in [1.54, 1.807) is 17.8 Å². The number of fused-ring (bicyclic) bond motifs is 2. The molecule has 220 valence electrons. The largest absolute Gasteiger partial charge is 0.507 e. The van der Waals surface area contributed by atoms with Gasteiger partial charge >= 0.3 is 5.97 Å². The van der Waals surface area contributed by atoms with Gasteiger partial charge in [-0.1, -0.05) is 66.7 Å². The fourth-order valence-electron chi connectivity index (χ4n) is 6.12. The van der Waals surface area contributed by atoms with Crippen molar-refractivity contribution < 1.29 is 14.6 Å². The molecule has 5 aromatic rings. The van der Waals surface area contributed by atoms with Gasteiger partial charge in [-0.15, -0.1) is 11.8 Å². The topological polar surface area (TPSA) is 54.7 Å². The Hall–Kier alpha value is -4.00. The van der Waals surface area contributed by atoms with Crippen molar-refractivity contribution in [1.82, 2.24) is 9.47 Å². The third-order valence-corrected chi connectivity index (χ3v) is 9.44. The van der Waals surface area contributed by atoms with Crippen molar-refractivity contribution >= 4 is 45.0 Å². The number of carbonyl (C=O) groups excluding carboxylic acids is 1. The van der Waals surface area contributed by atoms with Crippen LogP contribution >= 0.6 is 11.8 Å². The molecule has 0 unspecified atom stereocenters. The predicted molar refractivity (Wildman–Crippen MR) is 178 cm³/mol. The molecular formula is C37H38N2O3S. The van der Waals surface area contributed by atoms with Crippen molar-refractivity contribution in [3.63, 3.8) is 0 Å². The van der Waals surface area contributed by atoms with Gasteiger partial charge in [0.25, 0.3) is 0 Å². The molecular weight excluding hydrogens is 552 g/mol. The number of benzene rings is 4. The maximum Gasteiger partial charge on any atom is 0.340 e. The average Bonchev–Trinajstić information content (AvgIpc) is 3.32. The van der Waals surface area contributed by atoms with Gasteiger partial charge in [-0.05, 0) is 73.4 Å². The number of hydrogen-bond donors (Lipinski definition) is 1. The number of phenols is 1. The molecule has 1 aliphatic heterocycles. The van der Waals surface area contributed by atoms with Crippen molar-refractivity contribution in [2.45, 2.75) is 50.4 Å². The summed E-state index contributed by atoms with van der Waals surface area (Å²) in [5.74, 6) is 0.427. The quantitative estimate of drug-likeness (QED) is 0.138. The van der Waals surface area contributed by atoms with E-state index in [1.807, 2.05) is 25.1 Å². The molecule has 0 saturated heterocycles. The molecule has 1 aliphatic rings. The first kappa shape index (κ1) is 29.1. The monoisotopic (exact) mass is 590 g/mol. The number of aromatic nitrogens is 1. The molecule has 0 radical (unpaired) electrons. The van der Waals surface area contributed by atoms with Gasteiger partial charge in [-0.25, -0.2) is 4.79 Å². The van der Waals surface area contributed by atoms with Gasteiger partial charge < -0.3 is 14.4 Å². The summed E-state index contributed by atoms with van der Waals surface area (Å²) in [4.78, 5) is 17.2. The molecule has 5 nitrogen and oxygen atoms in total. The fourth-order valence-corrected chi connectivity index (χ4v) is 7.08. The van der Waals surface area contributed by atoms with Crippen molar-refractivity contribution in [1.29, 1.82) is 0 Å². The summed E-state index contributed by atoms with van der Waals surface area (Å²) < 4.78 is 7.89. The van der Waals surface area contributed by atoms with Crippen LogP contribution in [0, 0.1) is 0 Å². The number of phenolic OH excluding ortho intramolecular Hbond substituents is 1. The summed E-state index contributed by atoms with van der Waals surface area (Å²) in [6.07, 6.45) is 3.10. The van der Waals surface area contributed by atoms with E-state index < -0.39 is 0 Å². The molecule has 6 rings (SSSR count). The first-order valence-electron chi connectivity index (χ1n) is 15.1. The standard InChI is InChI=1S/C37H38N2O3S/c1-4-42-37(41)36-32-22-35(40)31(27-17-19-38(20-18-27)25(2)3)21-33(32)39(34(36)24-43-29-14-6-5-7-15-29)23-28-13-10-12-26-11-8-9-16-30(26)28/h5-17,21-22,25,40H,4,18-20,23-24H2,1-3H3. The minimum absolute atomic E-state index is 0.201. The van der Waals surface area contributed by atoms with Crippen molar-refractivity contribution in [2.24, 2.45) is 0 Å². The lowest BCUT2D eigenvalue weighted by molar-refractivity contribution is 0.0527. The van der Waals surface area contributed by atoms with E-state index in [0.717, 1.165) is 52.1 Å². The summed E-state index contributed by atoms with van der Waals surface area (Å²) in [5.41, 5.74) is 5.52. The number of esters is 1. The van der Waals surface area contributed by atoms with Crippen molar-refractivity contribution in [3.8, 4) is 5.75 Å². The number of hydrogen-bond acceptors (Lipinski definition) is 5.